The molecule has 1 aliphatic carbocycles. The number of carboxylic acids is 1. The van der Waals surface area contributed by atoms with Crippen molar-refractivity contribution in [1.29, 1.82) is 0 Å². The van der Waals surface area contributed by atoms with Gasteiger partial charge in [0.25, 0.3) is 6.01 Å². The molecule has 6 nitrogen and oxygen atoms in total. The molecule has 7 heteroatoms. The number of benzene rings is 1. The minimum atomic E-state index is -0.727. The van der Waals surface area contributed by atoms with Crippen molar-refractivity contribution in [2.24, 2.45) is 18.9 Å². The van der Waals surface area contributed by atoms with Crippen molar-refractivity contribution in [3.05, 3.63) is 48.1 Å². The standard InChI is InChI=1S/C27H31FN2O4/c1-16(14-25(31)30-13-5-8-17-18(27(32)33)6-3-9-21(17)30)20-15-29(2)22-10-4-7-19(26(20)22)23-11-12-24(28)34-23/h4,7,10-12,15-18,21H,3,5-6,8-9,13-14H2,1-2H3,(H,32,33). The molecule has 3 heterocycles. The number of amides is 1. The normalized spacial score (nSPS) is 23.6. The molecule has 1 amide bonds. The fraction of sp³-hybridized carbons (Fsp3) is 0.481. The van der Waals surface area contributed by atoms with Gasteiger partial charge in [-0.3, -0.25) is 9.59 Å². The summed E-state index contributed by atoms with van der Waals surface area (Å²) in [5.74, 6) is -0.522. The van der Waals surface area contributed by atoms with Crippen LogP contribution in [0, 0.1) is 17.8 Å². The maximum Gasteiger partial charge on any atom is 0.306 e. The molecule has 0 spiro atoms. The molecule has 1 aromatic carbocycles. The average Bonchev–Trinajstić information content (AvgIpc) is 3.41. The van der Waals surface area contributed by atoms with Gasteiger partial charge in [0.2, 0.25) is 5.91 Å². The lowest BCUT2D eigenvalue weighted by molar-refractivity contribution is -0.152. The number of hydrogen-bond acceptors (Lipinski definition) is 3. The highest BCUT2D eigenvalue weighted by Gasteiger charge is 2.43. The summed E-state index contributed by atoms with van der Waals surface area (Å²) in [4.78, 5) is 27.3. The zero-order valence-corrected chi connectivity index (χ0v) is 19.7. The van der Waals surface area contributed by atoms with Crippen LogP contribution in [0.2, 0.25) is 0 Å². The highest BCUT2D eigenvalue weighted by Crippen LogP contribution is 2.41. The van der Waals surface area contributed by atoms with Gasteiger partial charge in [0.15, 0.2) is 0 Å². The van der Waals surface area contributed by atoms with Crippen LogP contribution in [0.15, 0.2) is 40.9 Å². The van der Waals surface area contributed by atoms with Crippen LogP contribution in [0.1, 0.15) is 56.9 Å². The van der Waals surface area contributed by atoms with Crippen molar-refractivity contribution in [3.8, 4) is 11.3 Å². The van der Waals surface area contributed by atoms with Gasteiger partial charge < -0.3 is 19.0 Å². The molecule has 5 rings (SSSR count). The first-order chi connectivity index (χ1) is 16.3. The van der Waals surface area contributed by atoms with Gasteiger partial charge in [0, 0.05) is 54.8 Å². The van der Waals surface area contributed by atoms with E-state index in [1.807, 2.05) is 40.9 Å². The molecule has 1 N–H and O–H groups in total. The molecule has 4 unspecified atom stereocenters. The summed E-state index contributed by atoms with van der Waals surface area (Å²) in [5, 5.41) is 10.7. The molecular formula is C27H31FN2O4. The van der Waals surface area contributed by atoms with E-state index in [0.717, 1.165) is 47.7 Å². The number of nitrogens with zero attached hydrogens (tertiary/aromatic N) is 2. The Labute approximate surface area is 198 Å². The summed E-state index contributed by atoms with van der Waals surface area (Å²) < 4.78 is 20.9. The second-order valence-corrected chi connectivity index (χ2v) is 9.94. The first-order valence-corrected chi connectivity index (χ1v) is 12.2. The van der Waals surface area contributed by atoms with Crippen molar-refractivity contribution in [2.75, 3.05) is 6.54 Å². The van der Waals surface area contributed by atoms with E-state index < -0.39 is 12.0 Å². The molecule has 180 valence electrons. The van der Waals surface area contributed by atoms with E-state index >= 15 is 0 Å². The fourth-order valence-corrected chi connectivity index (χ4v) is 6.31. The zero-order valence-electron chi connectivity index (χ0n) is 19.7. The van der Waals surface area contributed by atoms with E-state index in [1.165, 1.54) is 6.07 Å². The van der Waals surface area contributed by atoms with Gasteiger partial charge in [-0.15, -0.1) is 0 Å². The fourth-order valence-electron chi connectivity index (χ4n) is 6.31. The number of carbonyl (C=O) groups is 2. The average molecular weight is 467 g/mol. The predicted molar refractivity (Wildman–Crippen MR) is 127 cm³/mol. The molecule has 0 radical (unpaired) electrons. The summed E-state index contributed by atoms with van der Waals surface area (Å²) in [6.45, 7) is 2.75. The third-order valence-corrected chi connectivity index (χ3v) is 7.89. The summed E-state index contributed by atoms with van der Waals surface area (Å²) in [6.07, 6.45) is 6.58. The number of aryl methyl sites for hydroxylation is 1. The predicted octanol–water partition coefficient (Wildman–Crippen LogP) is 5.56. The Kier molecular flexibility index (Phi) is 5.96. The van der Waals surface area contributed by atoms with Crippen LogP contribution in [0.3, 0.4) is 0 Å². The second kappa shape index (κ2) is 8.93. The van der Waals surface area contributed by atoms with Crippen molar-refractivity contribution < 1.29 is 23.5 Å². The second-order valence-electron chi connectivity index (χ2n) is 9.94. The largest absolute Gasteiger partial charge is 0.481 e. The molecule has 3 aromatic rings. The van der Waals surface area contributed by atoms with Gasteiger partial charge in [0.05, 0.1) is 5.92 Å². The van der Waals surface area contributed by atoms with Gasteiger partial charge in [0.1, 0.15) is 5.76 Å². The van der Waals surface area contributed by atoms with Crippen LogP contribution >= 0.6 is 0 Å². The van der Waals surface area contributed by atoms with E-state index in [1.54, 1.807) is 6.07 Å². The molecular weight excluding hydrogens is 435 g/mol. The molecule has 2 aliphatic rings. The molecule has 1 saturated carbocycles. The third kappa shape index (κ3) is 3.91. The number of likely N-dealkylation sites (tertiary alicyclic amines) is 1. The van der Waals surface area contributed by atoms with Crippen molar-refractivity contribution in [3.63, 3.8) is 0 Å². The quantitative estimate of drug-likeness (QED) is 0.534. The molecule has 2 fully saturated rings. The van der Waals surface area contributed by atoms with Crippen LogP contribution < -0.4 is 0 Å². The van der Waals surface area contributed by atoms with Crippen molar-refractivity contribution >= 4 is 22.8 Å². The van der Waals surface area contributed by atoms with E-state index in [2.05, 4.69) is 6.92 Å². The summed E-state index contributed by atoms with van der Waals surface area (Å²) >= 11 is 0. The number of carboxylic acid groups (broad SMARTS) is 1. The molecule has 34 heavy (non-hydrogen) atoms. The minimum absolute atomic E-state index is 0.0254. The Morgan fingerprint density at radius 2 is 2.00 bits per heavy atom. The summed E-state index contributed by atoms with van der Waals surface area (Å²) in [6, 6.07) is 8.20. The van der Waals surface area contributed by atoms with Crippen molar-refractivity contribution in [2.45, 2.75) is 57.4 Å². The highest BCUT2D eigenvalue weighted by molar-refractivity contribution is 5.97. The lowest BCUT2D eigenvalue weighted by atomic mass is 9.71. The lowest BCUT2D eigenvalue weighted by Crippen LogP contribution is -2.53. The van der Waals surface area contributed by atoms with Crippen LogP contribution in [0.25, 0.3) is 22.2 Å². The molecule has 1 saturated heterocycles. The zero-order chi connectivity index (χ0) is 24.0. The Morgan fingerprint density at radius 3 is 2.74 bits per heavy atom. The number of rotatable bonds is 5. The molecule has 1 aliphatic heterocycles. The number of aromatic nitrogens is 1. The number of furan rings is 1. The summed E-state index contributed by atoms with van der Waals surface area (Å²) in [7, 11) is 1.97. The number of aliphatic carboxylic acids is 1. The number of carbonyl (C=O) groups excluding carboxylic acids is 1. The van der Waals surface area contributed by atoms with Gasteiger partial charge in [-0.05, 0) is 55.2 Å². The van der Waals surface area contributed by atoms with E-state index in [-0.39, 0.29) is 29.7 Å². The van der Waals surface area contributed by atoms with E-state index in [9.17, 15) is 19.1 Å². The van der Waals surface area contributed by atoms with Crippen molar-refractivity contribution in [1.82, 2.24) is 9.47 Å². The Balaban J connectivity index is 1.42. The van der Waals surface area contributed by atoms with Gasteiger partial charge in [-0.2, -0.15) is 4.39 Å². The Hall–Kier alpha value is -3.09. The van der Waals surface area contributed by atoms with Crippen LogP contribution in [0.4, 0.5) is 4.39 Å². The number of halogens is 1. The van der Waals surface area contributed by atoms with Crippen LogP contribution in [-0.4, -0.2) is 39.0 Å². The number of fused-ring (bicyclic) bond motifs is 2. The van der Waals surface area contributed by atoms with Gasteiger partial charge >= 0.3 is 5.97 Å². The third-order valence-electron chi connectivity index (χ3n) is 7.89. The van der Waals surface area contributed by atoms with E-state index in [0.29, 0.717) is 25.1 Å². The maximum absolute atomic E-state index is 13.6. The first-order valence-electron chi connectivity index (χ1n) is 12.2. The van der Waals surface area contributed by atoms with E-state index in [4.69, 9.17) is 4.42 Å². The minimum Gasteiger partial charge on any atom is -0.481 e. The number of hydrogen-bond donors (Lipinski definition) is 1. The molecule has 0 bridgehead atoms. The highest BCUT2D eigenvalue weighted by atomic mass is 19.1. The molecule has 2 aromatic heterocycles. The summed E-state index contributed by atoms with van der Waals surface area (Å²) in [5.41, 5.74) is 2.84. The van der Waals surface area contributed by atoms with Gasteiger partial charge in [-0.25, -0.2) is 0 Å². The first kappa shape index (κ1) is 22.7. The Bertz CT molecular complexity index is 1230. The maximum atomic E-state index is 13.6. The van der Waals surface area contributed by atoms with Crippen LogP contribution in [-0.2, 0) is 16.6 Å². The monoisotopic (exact) mass is 466 g/mol. The Morgan fingerprint density at radius 1 is 1.18 bits per heavy atom. The number of piperidine rings is 1. The molecule has 4 atom stereocenters. The van der Waals surface area contributed by atoms with Gasteiger partial charge in [-0.1, -0.05) is 25.5 Å². The topological polar surface area (TPSA) is 75.7 Å². The lowest BCUT2D eigenvalue weighted by Gasteiger charge is -2.46. The SMILES string of the molecule is CC(CC(=O)N1CCCC2C(C(=O)O)CCCC21)c1cn(C)c2cccc(-c3ccc(F)o3)c12. The smallest absolute Gasteiger partial charge is 0.306 e. The van der Waals surface area contributed by atoms with Crippen LogP contribution in [0.5, 0.6) is 0 Å².